The number of benzene rings is 1. The Morgan fingerprint density at radius 2 is 1.78 bits per heavy atom. The van der Waals surface area contributed by atoms with Gasteiger partial charge in [-0.05, 0) is 36.4 Å². The van der Waals surface area contributed by atoms with Crippen LogP contribution in [0.2, 0.25) is 0 Å². The normalized spacial score (nSPS) is 16.4. The lowest BCUT2D eigenvalue weighted by Crippen LogP contribution is -2.53. The fraction of sp³-hybridized carbons (Fsp3) is 0.286. The number of amides is 1. The second-order valence-electron chi connectivity index (χ2n) is 10.2. The van der Waals surface area contributed by atoms with Gasteiger partial charge in [0.15, 0.2) is 0 Å². The summed E-state index contributed by atoms with van der Waals surface area (Å²) in [5, 5.41) is 11.8. The van der Waals surface area contributed by atoms with Crippen molar-refractivity contribution >= 4 is 29.0 Å². The molecule has 1 saturated heterocycles. The van der Waals surface area contributed by atoms with E-state index in [1.807, 2.05) is 5.32 Å². The van der Waals surface area contributed by atoms with E-state index in [1.165, 1.54) is 28.9 Å². The third-order valence-electron chi connectivity index (χ3n) is 7.22. The first-order valence-corrected chi connectivity index (χ1v) is 13.3. The maximum atomic E-state index is 15.0. The smallest absolute Gasteiger partial charge is 0.418 e. The molecule has 0 aliphatic carbocycles. The number of aromatic nitrogens is 3. The number of hydrogen-bond donors (Lipinski definition) is 3. The summed E-state index contributed by atoms with van der Waals surface area (Å²) in [6.45, 7) is -1.27. The average Bonchev–Trinajstić information content (AvgIpc) is 3.46. The summed E-state index contributed by atoms with van der Waals surface area (Å²) in [6.07, 6.45) is -7.59. The molecule has 18 heteroatoms. The van der Waals surface area contributed by atoms with Gasteiger partial charge in [-0.15, -0.1) is 0 Å². The summed E-state index contributed by atoms with van der Waals surface area (Å²) in [6, 6.07) is 1.23. The van der Waals surface area contributed by atoms with Crippen molar-refractivity contribution in [1.29, 1.82) is 0 Å². The second-order valence-corrected chi connectivity index (χ2v) is 10.2. The van der Waals surface area contributed by atoms with Crippen LogP contribution in [0.15, 0.2) is 48.8 Å². The SMILES string of the molecule is Nc1ccc(C(F)(F)F)c(-c2ccc(CC(NC(=O)c3c(F)cc(N4CCOCC4C(F)(F)F)cc3F)C(=O)O)n3ccnc23)n1. The number of ether oxygens (including phenoxy) is 1. The van der Waals surface area contributed by atoms with Crippen LogP contribution < -0.4 is 16.0 Å². The number of hydrogen-bond acceptors (Lipinski definition) is 7. The van der Waals surface area contributed by atoms with E-state index in [1.54, 1.807) is 0 Å². The number of nitrogen functional groups attached to an aromatic ring is 1. The molecule has 0 spiro atoms. The van der Waals surface area contributed by atoms with Crippen LogP contribution in [0.1, 0.15) is 21.6 Å². The molecule has 0 radical (unpaired) electrons. The lowest BCUT2D eigenvalue weighted by Gasteiger charge is -2.38. The van der Waals surface area contributed by atoms with E-state index in [0.717, 1.165) is 12.1 Å². The number of carbonyl (C=O) groups excluding carboxylic acids is 1. The molecular formula is C28H22F8N6O4. The highest BCUT2D eigenvalue weighted by Crippen LogP contribution is 2.38. The number of aliphatic carboxylic acids is 1. The summed E-state index contributed by atoms with van der Waals surface area (Å²) in [4.78, 5) is 33.6. The maximum Gasteiger partial charge on any atom is 0.418 e. The molecule has 1 aliphatic rings. The topological polar surface area (TPSA) is 135 Å². The zero-order valence-corrected chi connectivity index (χ0v) is 23.2. The standard InChI is InChI=1S/C28H22F8N6O4/c29-17-9-14(41-7-8-46-12-20(41)28(34,35)36)10-18(30)22(17)25(43)39-19(26(44)45)11-13-1-2-15(24-38-5-6-42(13)24)23-16(27(31,32)33)3-4-21(37)40-23/h1-6,9-10,19-20H,7-8,11-12H2,(H2,37,40)(H,39,43)(H,44,45). The van der Waals surface area contributed by atoms with Crippen LogP contribution in [0.3, 0.4) is 0 Å². The predicted octanol–water partition coefficient (Wildman–Crippen LogP) is 4.47. The van der Waals surface area contributed by atoms with Gasteiger partial charge < -0.3 is 30.2 Å². The maximum absolute atomic E-state index is 15.0. The minimum atomic E-state index is -4.80. The average molecular weight is 659 g/mol. The third kappa shape index (κ3) is 6.37. The second kappa shape index (κ2) is 12.1. The molecule has 3 aromatic heterocycles. The van der Waals surface area contributed by atoms with Crippen LogP contribution in [-0.2, 0) is 22.1 Å². The molecule has 4 heterocycles. The molecule has 46 heavy (non-hydrogen) atoms. The van der Waals surface area contributed by atoms with Crippen LogP contribution in [0.5, 0.6) is 0 Å². The Bertz CT molecular complexity index is 1790. The number of halogens is 8. The number of nitrogens with zero attached hydrogens (tertiary/aromatic N) is 4. The van der Waals surface area contributed by atoms with Crippen molar-refractivity contribution in [3.63, 3.8) is 0 Å². The summed E-state index contributed by atoms with van der Waals surface area (Å²) in [5.74, 6) is -6.44. The van der Waals surface area contributed by atoms with E-state index in [-0.39, 0.29) is 35.9 Å². The Kier molecular flexibility index (Phi) is 8.50. The van der Waals surface area contributed by atoms with Crippen molar-refractivity contribution in [2.45, 2.75) is 30.9 Å². The largest absolute Gasteiger partial charge is 0.480 e. The first-order valence-electron chi connectivity index (χ1n) is 13.3. The minimum absolute atomic E-state index is 0.0653. The van der Waals surface area contributed by atoms with Gasteiger partial charge in [-0.2, -0.15) is 26.3 Å². The molecule has 4 N–H and O–H groups in total. The number of carboxylic acids is 1. The van der Waals surface area contributed by atoms with Crippen LogP contribution in [0, 0.1) is 11.6 Å². The van der Waals surface area contributed by atoms with Gasteiger partial charge in [0.1, 0.15) is 40.7 Å². The van der Waals surface area contributed by atoms with Crippen molar-refractivity contribution in [1.82, 2.24) is 19.7 Å². The van der Waals surface area contributed by atoms with Crippen molar-refractivity contribution < 1.29 is 54.6 Å². The first-order chi connectivity index (χ1) is 21.6. The molecule has 2 atom stereocenters. The molecule has 1 aromatic carbocycles. The lowest BCUT2D eigenvalue weighted by molar-refractivity contribution is -0.167. The summed E-state index contributed by atoms with van der Waals surface area (Å²) in [7, 11) is 0. The number of imidazole rings is 1. The van der Waals surface area contributed by atoms with Crippen molar-refractivity contribution in [2.75, 3.05) is 30.4 Å². The van der Waals surface area contributed by atoms with Gasteiger partial charge in [0.05, 0.1) is 24.5 Å². The Labute approximate surface area is 253 Å². The van der Waals surface area contributed by atoms with Crippen molar-refractivity contribution in [3.05, 3.63) is 77.2 Å². The van der Waals surface area contributed by atoms with Gasteiger partial charge in [0.25, 0.3) is 5.91 Å². The van der Waals surface area contributed by atoms with Crippen LogP contribution in [0.25, 0.3) is 16.9 Å². The highest BCUT2D eigenvalue weighted by Gasteiger charge is 2.46. The van der Waals surface area contributed by atoms with Crippen LogP contribution >= 0.6 is 0 Å². The number of anilines is 2. The van der Waals surface area contributed by atoms with Gasteiger partial charge in [-0.25, -0.2) is 23.5 Å². The van der Waals surface area contributed by atoms with E-state index < -0.39 is 83.5 Å². The van der Waals surface area contributed by atoms with E-state index in [2.05, 4.69) is 9.97 Å². The number of morpholine rings is 1. The van der Waals surface area contributed by atoms with Gasteiger partial charge in [0, 0.05) is 42.3 Å². The number of fused-ring (bicyclic) bond motifs is 1. The number of rotatable bonds is 7. The lowest BCUT2D eigenvalue weighted by atomic mass is 10.0. The molecule has 244 valence electrons. The van der Waals surface area contributed by atoms with Crippen molar-refractivity contribution in [2.24, 2.45) is 0 Å². The van der Waals surface area contributed by atoms with Crippen LogP contribution in [0.4, 0.5) is 46.6 Å². The molecule has 1 aliphatic heterocycles. The molecule has 0 saturated carbocycles. The first kappa shape index (κ1) is 32.4. The van der Waals surface area contributed by atoms with E-state index in [4.69, 9.17) is 10.5 Å². The fourth-order valence-electron chi connectivity index (χ4n) is 5.09. The van der Waals surface area contributed by atoms with Gasteiger partial charge in [0.2, 0.25) is 0 Å². The fourth-order valence-corrected chi connectivity index (χ4v) is 5.09. The molecule has 10 nitrogen and oxygen atoms in total. The zero-order chi connectivity index (χ0) is 33.6. The quantitative estimate of drug-likeness (QED) is 0.248. The number of pyridine rings is 2. The zero-order valence-electron chi connectivity index (χ0n) is 23.2. The van der Waals surface area contributed by atoms with E-state index >= 15 is 8.78 Å². The molecule has 1 fully saturated rings. The summed E-state index contributed by atoms with van der Waals surface area (Å²) < 4.78 is 118. The molecular weight excluding hydrogens is 636 g/mol. The van der Waals surface area contributed by atoms with Gasteiger partial charge >= 0.3 is 18.3 Å². The van der Waals surface area contributed by atoms with Gasteiger partial charge in [-0.1, -0.05) is 0 Å². The Hall–Kier alpha value is -5.00. The van der Waals surface area contributed by atoms with Crippen LogP contribution in [-0.4, -0.2) is 69.4 Å². The molecule has 4 aromatic rings. The highest BCUT2D eigenvalue weighted by molar-refractivity contribution is 5.97. The predicted molar refractivity (Wildman–Crippen MR) is 145 cm³/mol. The third-order valence-corrected chi connectivity index (χ3v) is 7.22. The Morgan fingerprint density at radius 1 is 1.09 bits per heavy atom. The number of nitrogens with two attached hydrogens (primary N) is 1. The monoisotopic (exact) mass is 658 g/mol. The number of carbonyl (C=O) groups is 2. The Balaban J connectivity index is 1.43. The minimum Gasteiger partial charge on any atom is -0.480 e. The number of carboxylic acid groups (broad SMARTS) is 1. The molecule has 2 unspecified atom stereocenters. The van der Waals surface area contributed by atoms with Gasteiger partial charge in [-0.3, -0.25) is 4.79 Å². The molecule has 1 amide bonds. The van der Waals surface area contributed by atoms with E-state index in [9.17, 15) is 41.0 Å². The van der Waals surface area contributed by atoms with E-state index in [0.29, 0.717) is 17.0 Å². The highest BCUT2D eigenvalue weighted by atomic mass is 19.4. The summed E-state index contributed by atoms with van der Waals surface area (Å²) in [5.41, 5.74) is 2.20. The number of alkyl halides is 6. The molecule has 5 rings (SSSR count). The number of nitrogens with one attached hydrogen (secondary N) is 1. The van der Waals surface area contributed by atoms with Crippen molar-refractivity contribution in [3.8, 4) is 11.3 Å². The molecule has 0 bridgehead atoms. The Morgan fingerprint density at radius 3 is 2.41 bits per heavy atom. The summed E-state index contributed by atoms with van der Waals surface area (Å²) >= 11 is 0.